The molecule has 1 N–H and O–H groups in total. The molecule has 0 aromatic carbocycles. The largest absolute Gasteiger partial charge is 0.349 e. The van der Waals surface area contributed by atoms with Gasteiger partial charge in [-0.25, -0.2) is 0 Å². The summed E-state index contributed by atoms with van der Waals surface area (Å²) in [5.74, 6) is 0.0233. The molecule has 0 bridgehead atoms. The van der Waals surface area contributed by atoms with Crippen molar-refractivity contribution < 1.29 is 4.79 Å². The van der Waals surface area contributed by atoms with Crippen molar-refractivity contribution in [2.24, 2.45) is 0 Å². The molecule has 0 aliphatic heterocycles. The summed E-state index contributed by atoms with van der Waals surface area (Å²) >= 11 is 3.32. The van der Waals surface area contributed by atoms with Crippen LogP contribution in [0.3, 0.4) is 0 Å². The molecule has 1 heterocycles. The molecule has 0 aliphatic rings. The van der Waals surface area contributed by atoms with Gasteiger partial charge in [0, 0.05) is 6.20 Å². The molecule has 1 atom stereocenters. The summed E-state index contributed by atoms with van der Waals surface area (Å²) in [6.07, 6.45) is 3.48. The third kappa shape index (κ3) is 3.59. The van der Waals surface area contributed by atoms with Crippen molar-refractivity contribution in [2.45, 2.75) is 38.1 Å². The first kappa shape index (κ1) is 13.2. The molecule has 1 aromatic rings. The number of aryl methyl sites for hydroxylation is 1. The van der Waals surface area contributed by atoms with Crippen LogP contribution < -0.4 is 5.32 Å². The van der Waals surface area contributed by atoms with Gasteiger partial charge in [0.2, 0.25) is 5.91 Å². The molecule has 1 rings (SSSR count). The zero-order valence-corrected chi connectivity index (χ0v) is 11.3. The topological polar surface area (TPSA) is 42.0 Å². The summed E-state index contributed by atoms with van der Waals surface area (Å²) in [7, 11) is 0. The van der Waals surface area contributed by atoms with Crippen molar-refractivity contribution in [3.8, 4) is 0 Å². The van der Waals surface area contributed by atoms with Crippen molar-refractivity contribution in [1.82, 2.24) is 10.3 Å². The molecule has 1 amide bonds. The van der Waals surface area contributed by atoms with Gasteiger partial charge in [0.1, 0.15) is 0 Å². The van der Waals surface area contributed by atoms with Crippen LogP contribution in [0.25, 0.3) is 0 Å². The number of halogens is 1. The fraction of sp³-hybridized carbons (Fsp3) is 0.500. The van der Waals surface area contributed by atoms with Crippen LogP contribution in [0.4, 0.5) is 0 Å². The fourth-order valence-corrected chi connectivity index (χ4v) is 1.58. The lowest BCUT2D eigenvalue weighted by atomic mass is 10.1. The monoisotopic (exact) mass is 284 g/mol. The number of carbonyl (C=O) groups is 1. The van der Waals surface area contributed by atoms with E-state index in [0.29, 0.717) is 6.54 Å². The minimum atomic E-state index is -0.110. The number of nitrogens with one attached hydrogen (secondary N) is 1. The summed E-state index contributed by atoms with van der Waals surface area (Å²) in [4.78, 5) is 15.7. The highest BCUT2D eigenvalue weighted by molar-refractivity contribution is 9.10. The standard InChI is InChI=1S/C12H17BrN2O/c1-3-9-6-5-7-14-11(9)8-15-12(16)10(13)4-2/h5-7,10H,3-4,8H2,1-2H3,(H,15,16). The Bertz CT molecular complexity index is 355. The molecule has 0 saturated carbocycles. The maximum Gasteiger partial charge on any atom is 0.234 e. The van der Waals surface area contributed by atoms with Crippen LogP contribution in [0.2, 0.25) is 0 Å². The van der Waals surface area contributed by atoms with Crippen molar-refractivity contribution in [2.75, 3.05) is 0 Å². The zero-order chi connectivity index (χ0) is 12.0. The van der Waals surface area contributed by atoms with Crippen LogP contribution in [0.15, 0.2) is 18.3 Å². The molecular weight excluding hydrogens is 268 g/mol. The number of nitrogens with zero attached hydrogens (tertiary/aromatic N) is 1. The maximum atomic E-state index is 11.6. The smallest absolute Gasteiger partial charge is 0.234 e. The first-order valence-electron chi connectivity index (χ1n) is 5.53. The molecule has 4 heteroatoms. The van der Waals surface area contributed by atoms with Gasteiger partial charge in [0.05, 0.1) is 17.1 Å². The molecule has 0 spiro atoms. The minimum Gasteiger partial charge on any atom is -0.349 e. The van der Waals surface area contributed by atoms with E-state index < -0.39 is 0 Å². The second kappa shape index (κ2) is 6.63. The molecule has 0 aliphatic carbocycles. The number of hydrogen-bond donors (Lipinski definition) is 1. The molecule has 88 valence electrons. The van der Waals surface area contributed by atoms with Gasteiger partial charge in [0.15, 0.2) is 0 Å². The Balaban J connectivity index is 2.57. The molecule has 0 saturated heterocycles. The number of amides is 1. The molecule has 1 aromatic heterocycles. The number of pyridine rings is 1. The van der Waals surface area contributed by atoms with Gasteiger partial charge >= 0.3 is 0 Å². The van der Waals surface area contributed by atoms with E-state index in [0.717, 1.165) is 18.5 Å². The summed E-state index contributed by atoms with van der Waals surface area (Å²) in [5, 5.41) is 2.88. The Kier molecular flexibility index (Phi) is 5.46. The summed E-state index contributed by atoms with van der Waals surface area (Å²) in [6, 6.07) is 3.96. The summed E-state index contributed by atoms with van der Waals surface area (Å²) < 4.78 is 0. The predicted molar refractivity (Wildman–Crippen MR) is 68.5 cm³/mol. The van der Waals surface area contributed by atoms with Crippen molar-refractivity contribution in [3.63, 3.8) is 0 Å². The average Bonchev–Trinajstić information content (AvgIpc) is 2.35. The quantitative estimate of drug-likeness (QED) is 0.844. The Morgan fingerprint density at radius 2 is 2.31 bits per heavy atom. The first-order chi connectivity index (χ1) is 7.69. The summed E-state index contributed by atoms with van der Waals surface area (Å²) in [6.45, 7) is 4.56. The van der Waals surface area contributed by atoms with Crippen molar-refractivity contribution >= 4 is 21.8 Å². The number of aromatic nitrogens is 1. The Hall–Kier alpha value is -0.900. The Morgan fingerprint density at radius 3 is 2.94 bits per heavy atom. The Labute approximate surface area is 105 Å². The van der Waals surface area contributed by atoms with E-state index in [4.69, 9.17) is 0 Å². The lowest BCUT2D eigenvalue weighted by Gasteiger charge is -2.10. The highest BCUT2D eigenvalue weighted by atomic mass is 79.9. The first-order valence-corrected chi connectivity index (χ1v) is 6.45. The zero-order valence-electron chi connectivity index (χ0n) is 9.66. The number of carbonyl (C=O) groups excluding carboxylic acids is 1. The predicted octanol–water partition coefficient (Wildman–Crippen LogP) is 2.43. The van der Waals surface area contributed by atoms with E-state index in [1.807, 2.05) is 19.1 Å². The van der Waals surface area contributed by atoms with Gasteiger partial charge in [-0.1, -0.05) is 35.8 Å². The second-order valence-corrected chi connectivity index (χ2v) is 4.66. The lowest BCUT2D eigenvalue weighted by Crippen LogP contribution is -2.30. The second-order valence-electron chi connectivity index (χ2n) is 3.56. The number of rotatable bonds is 5. The van der Waals surface area contributed by atoms with Gasteiger partial charge < -0.3 is 5.32 Å². The van der Waals surface area contributed by atoms with Crippen LogP contribution in [-0.4, -0.2) is 15.7 Å². The van der Waals surface area contributed by atoms with Crippen LogP contribution in [0.5, 0.6) is 0 Å². The van der Waals surface area contributed by atoms with Gasteiger partial charge in [-0.2, -0.15) is 0 Å². The van der Waals surface area contributed by atoms with E-state index in [2.05, 4.69) is 33.2 Å². The van der Waals surface area contributed by atoms with Gasteiger partial charge in [-0.3, -0.25) is 9.78 Å². The molecule has 1 unspecified atom stereocenters. The molecule has 0 radical (unpaired) electrons. The highest BCUT2D eigenvalue weighted by Crippen LogP contribution is 2.07. The van der Waals surface area contributed by atoms with Crippen LogP contribution >= 0.6 is 15.9 Å². The van der Waals surface area contributed by atoms with Gasteiger partial charge in [-0.15, -0.1) is 0 Å². The van der Waals surface area contributed by atoms with E-state index in [9.17, 15) is 4.79 Å². The third-order valence-corrected chi connectivity index (χ3v) is 3.50. The maximum absolute atomic E-state index is 11.6. The minimum absolute atomic E-state index is 0.0233. The van der Waals surface area contributed by atoms with Crippen LogP contribution in [-0.2, 0) is 17.8 Å². The van der Waals surface area contributed by atoms with Crippen LogP contribution in [0, 0.1) is 0 Å². The van der Waals surface area contributed by atoms with E-state index in [1.54, 1.807) is 6.20 Å². The van der Waals surface area contributed by atoms with Crippen molar-refractivity contribution in [1.29, 1.82) is 0 Å². The summed E-state index contributed by atoms with van der Waals surface area (Å²) in [5.41, 5.74) is 2.14. The van der Waals surface area contributed by atoms with E-state index in [1.165, 1.54) is 5.56 Å². The molecular formula is C12H17BrN2O. The molecule has 16 heavy (non-hydrogen) atoms. The van der Waals surface area contributed by atoms with E-state index in [-0.39, 0.29) is 10.7 Å². The van der Waals surface area contributed by atoms with Crippen molar-refractivity contribution in [3.05, 3.63) is 29.6 Å². The lowest BCUT2D eigenvalue weighted by molar-refractivity contribution is -0.120. The number of hydrogen-bond acceptors (Lipinski definition) is 2. The van der Waals surface area contributed by atoms with Gasteiger partial charge in [-0.05, 0) is 24.5 Å². The number of alkyl halides is 1. The van der Waals surface area contributed by atoms with E-state index >= 15 is 0 Å². The normalized spacial score (nSPS) is 12.2. The Morgan fingerprint density at radius 1 is 1.56 bits per heavy atom. The fourth-order valence-electron chi connectivity index (χ4n) is 1.42. The third-order valence-electron chi connectivity index (χ3n) is 2.44. The molecule has 0 fully saturated rings. The molecule has 3 nitrogen and oxygen atoms in total. The van der Waals surface area contributed by atoms with Gasteiger partial charge in [0.25, 0.3) is 0 Å². The van der Waals surface area contributed by atoms with Crippen LogP contribution in [0.1, 0.15) is 31.5 Å². The highest BCUT2D eigenvalue weighted by Gasteiger charge is 2.12. The SMILES string of the molecule is CCc1cccnc1CNC(=O)C(Br)CC. The average molecular weight is 285 g/mol.